The molecule has 1 amide bonds. The number of thiophene rings is 1. The minimum atomic E-state index is 0.251. The predicted octanol–water partition coefficient (Wildman–Crippen LogP) is 3.10. The number of amides is 1. The van der Waals surface area contributed by atoms with Crippen molar-refractivity contribution in [3.63, 3.8) is 0 Å². The third-order valence-electron chi connectivity index (χ3n) is 5.85. The fourth-order valence-corrected chi connectivity index (χ4v) is 5.03. The minimum absolute atomic E-state index is 0.251. The van der Waals surface area contributed by atoms with Crippen LogP contribution in [0.2, 0.25) is 0 Å². The molecule has 2 aliphatic rings. The smallest absolute Gasteiger partial charge is 0.220 e. The molecule has 4 nitrogen and oxygen atoms in total. The van der Waals surface area contributed by atoms with Crippen molar-refractivity contribution in [2.24, 2.45) is 17.8 Å². The van der Waals surface area contributed by atoms with E-state index in [4.69, 9.17) is 0 Å². The maximum Gasteiger partial charge on any atom is 0.220 e. The highest BCUT2D eigenvalue weighted by Crippen LogP contribution is 2.24. The zero-order valence-electron chi connectivity index (χ0n) is 15.5. The fraction of sp³-hybridized carbons (Fsp3) is 0.750. The average Bonchev–Trinajstić information content (AvgIpc) is 3.14. The van der Waals surface area contributed by atoms with Crippen molar-refractivity contribution in [1.82, 2.24) is 15.5 Å². The Hall–Kier alpha value is -0.910. The van der Waals surface area contributed by atoms with Crippen LogP contribution < -0.4 is 10.6 Å². The van der Waals surface area contributed by atoms with Gasteiger partial charge < -0.3 is 10.6 Å². The van der Waals surface area contributed by atoms with Gasteiger partial charge in [-0.1, -0.05) is 13.0 Å². The van der Waals surface area contributed by atoms with Crippen LogP contribution in [-0.4, -0.2) is 43.5 Å². The summed E-state index contributed by atoms with van der Waals surface area (Å²) < 4.78 is 0. The molecule has 0 spiro atoms. The van der Waals surface area contributed by atoms with E-state index in [0.29, 0.717) is 24.2 Å². The first kappa shape index (κ1) is 18.9. The van der Waals surface area contributed by atoms with Gasteiger partial charge in [-0.05, 0) is 74.5 Å². The molecule has 0 bridgehead atoms. The second-order valence-electron chi connectivity index (χ2n) is 7.90. The van der Waals surface area contributed by atoms with E-state index in [0.717, 1.165) is 32.7 Å². The van der Waals surface area contributed by atoms with E-state index in [9.17, 15) is 4.79 Å². The maximum absolute atomic E-state index is 12.3. The zero-order valence-corrected chi connectivity index (χ0v) is 16.3. The van der Waals surface area contributed by atoms with Gasteiger partial charge in [0.2, 0.25) is 5.91 Å². The van der Waals surface area contributed by atoms with Gasteiger partial charge in [-0.3, -0.25) is 9.69 Å². The van der Waals surface area contributed by atoms with Crippen LogP contribution in [0.5, 0.6) is 0 Å². The Morgan fingerprint density at radius 1 is 1.40 bits per heavy atom. The molecular weight excluding hydrogens is 330 g/mol. The summed E-state index contributed by atoms with van der Waals surface area (Å²) in [4.78, 5) is 16.3. The quantitative estimate of drug-likeness (QED) is 0.782. The summed E-state index contributed by atoms with van der Waals surface area (Å²) in [6.07, 6.45) is 5.61. The number of likely N-dealkylation sites (tertiary alicyclic amines) is 1. The molecule has 3 heterocycles. The van der Waals surface area contributed by atoms with Crippen molar-refractivity contribution >= 4 is 17.2 Å². The number of carbonyl (C=O) groups excluding carboxylic acids is 1. The standard InChI is InChI=1S/C20H33N3OS/c1-16(18-6-8-21-9-7-18)12-20(24)22-13-17-4-2-10-23(14-17)15-19-5-3-11-25-19/h3,5,11,16-18,21H,2,4,6-10,12-15H2,1H3,(H,22,24). The van der Waals surface area contributed by atoms with E-state index >= 15 is 0 Å². The molecule has 1 aromatic rings. The zero-order chi connectivity index (χ0) is 17.5. The number of carbonyl (C=O) groups is 1. The van der Waals surface area contributed by atoms with Gasteiger partial charge in [-0.2, -0.15) is 0 Å². The highest BCUT2D eigenvalue weighted by Gasteiger charge is 2.24. The number of hydrogen-bond acceptors (Lipinski definition) is 4. The normalized spacial score (nSPS) is 24.1. The van der Waals surface area contributed by atoms with Crippen molar-refractivity contribution in [2.45, 2.75) is 45.6 Å². The third kappa shape index (κ3) is 6.08. The van der Waals surface area contributed by atoms with Gasteiger partial charge in [0.25, 0.3) is 0 Å². The lowest BCUT2D eigenvalue weighted by Gasteiger charge is -2.32. The van der Waals surface area contributed by atoms with Gasteiger partial charge >= 0.3 is 0 Å². The van der Waals surface area contributed by atoms with E-state index in [1.807, 2.05) is 11.3 Å². The predicted molar refractivity (Wildman–Crippen MR) is 105 cm³/mol. The lowest BCUT2D eigenvalue weighted by molar-refractivity contribution is -0.122. The Labute approximate surface area is 156 Å². The van der Waals surface area contributed by atoms with Crippen LogP contribution in [0.15, 0.2) is 17.5 Å². The van der Waals surface area contributed by atoms with Gasteiger partial charge in [0.1, 0.15) is 0 Å². The lowest BCUT2D eigenvalue weighted by atomic mass is 9.84. The molecule has 1 aromatic heterocycles. The van der Waals surface area contributed by atoms with Crippen molar-refractivity contribution in [3.8, 4) is 0 Å². The van der Waals surface area contributed by atoms with Gasteiger partial charge in [-0.15, -0.1) is 11.3 Å². The molecule has 2 aliphatic heterocycles. The third-order valence-corrected chi connectivity index (χ3v) is 6.71. The summed E-state index contributed by atoms with van der Waals surface area (Å²) in [6.45, 7) is 8.68. The van der Waals surface area contributed by atoms with E-state index < -0.39 is 0 Å². The second-order valence-corrected chi connectivity index (χ2v) is 8.93. The Bertz CT molecular complexity index is 513. The molecule has 25 heavy (non-hydrogen) atoms. The van der Waals surface area contributed by atoms with Crippen LogP contribution in [0.1, 0.15) is 43.9 Å². The lowest BCUT2D eigenvalue weighted by Crippen LogP contribution is -2.41. The first-order valence-corrected chi connectivity index (χ1v) is 10.8. The first-order valence-electron chi connectivity index (χ1n) is 9.93. The number of rotatable bonds is 7. The van der Waals surface area contributed by atoms with Crippen molar-refractivity contribution < 1.29 is 4.79 Å². The SMILES string of the molecule is CC(CC(=O)NCC1CCCN(Cc2cccs2)C1)C1CCNCC1. The Morgan fingerprint density at radius 3 is 3.00 bits per heavy atom. The van der Waals surface area contributed by atoms with Crippen LogP contribution in [-0.2, 0) is 11.3 Å². The molecule has 0 aromatic carbocycles. The number of nitrogens with zero attached hydrogens (tertiary/aromatic N) is 1. The number of piperidine rings is 2. The van der Waals surface area contributed by atoms with E-state index in [1.165, 1.54) is 37.1 Å². The maximum atomic E-state index is 12.3. The Kier molecular flexibility index (Phi) is 7.32. The van der Waals surface area contributed by atoms with Crippen molar-refractivity contribution in [1.29, 1.82) is 0 Å². The van der Waals surface area contributed by atoms with Gasteiger partial charge in [-0.25, -0.2) is 0 Å². The van der Waals surface area contributed by atoms with E-state index in [1.54, 1.807) is 0 Å². The molecule has 5 heteroatoms. The van der Waals surface area contributed by atoms with Crippen LogP contribution >= 0.6 is 11.3 Å². The molecule has 0 aliphatic carbocycles. The van der Waals surface area contributed by atoms with Crippen LogP contribution in [0, 0.1) is 17.8 Å². The highest BCUT2D eigenvalue weighted by atomic mass is 32.1. The fourth-order valence-electron chi connectivity index (χ4n) is 4.29. The average molecular weight is 364 g/mol. The molecule has 0 radical (unpaired) electrons. The Balaban J connectivity index is 1.36. The Morgan fingerprint density at radius 2 is 2.24 bits per heavy atom. The van der Waals surface area contributed by atoms with Gasteiger partial charge in [0.15, 0.2) is 0 Å². The monoisotopic (exact) mass is 363 g/mol. The van der Waals surface area contributed by atoms with Gasteiger partial charge in [0, 0.05) is 30.9 Å². The summed E-state index contributed by atoms with van der Waals surface area (Å²) in [5.74, 6) is 2.07. The van der Waals surface area contributed by atoms with Crippen molar-refractivity contribution in [3.05, 3.63) is 22.4 Å². The number of hydrogen-bond donors (Lipinski definition) is 2. The summed E-state index contributed by atoms with van der Waals surface area (Å²) in [7, 11) is 0. The summed E-state index contributed by atoms with van der Waals surface area (Å²) in [5.41, 5.74) is 0. The summed E-state index contributed by atoms with van der Waals surface area (Å²) in [5, 5.41) is 8.78. The first-order chi connectivity index (χ1) is 12.2. The topological polar surface area (TPSA) is 44.4 Å². The molecule has 2 saturated heterocycles. The van der Waals surface area contributed by atoms with Gasteiger partial charge in [0.05, 0.1) is 0 Å². The second kappa shape index (κ2) is 9.70. The molecule has 2 N–H and O–H groups in total. The molecule has 2 fully saturated rings. The highest BCUT2D eigenvalue weighted by molar-refractivity contribution is 7.09. The van der Waals surface area contributed by atoms with Crippen molar-refractivity contribution in [2.75, 3.05) is 32.7 Å². The molecular formula is C20H33N3OS. The minimum Gasteiger partial charge on any atom is -0.356 e. The summed E-state index contributed by atoms with van der Waals surface area (Å²) in [6, 6.07) is 4.35. The molecule has 140 valence electrons. The molecule has 0 saturated carbocycles. The molecule has 2 unspecified atom stereocenters. The van der Waals surface area contributed by atoms with Crippen LogP contribution in [0.4, 0.5) is 0 Å². The van der Waals surface area contributed by atoms with E-state index in [2.05, 4.69) is 40.0 Å². The molecule has 3 rings (SSSR count). The van der Waals surface area contributed by atoms with Crippen LogP contribution in [0.3, 0.4) is 0 Å². The molecule has 2 atom stereocenters. The van der Waals surface area contributed by atoms with E-state index in [-0.39, 0.29) is 5.91 Å². The number of nitrogens with one attached hydrogen (secondary N) is 2. The largest absolute Gasteiger partial charge is 0.356 e. The summed E-state index contributed by atoms with van der Waals surface area (Å²) >= 11 is 1.84. The van der Waals surface area contributed by atoms with Crippen LogP contribution in [0.25, 0.3) is 0 Å².